The van der Waals surface area contributed by atoms with Gasteiger partial charge in [-0.3, -0.25) is 0 Å². The maximum Gasteiger partial charge on any atom is 0.177 e. The summed E-state index contributed by atoms with van der Waals surface area (Å²) in [7, 11) is 0. The number of rotatable bonds is 1. The van der Waals surface area contributed by atoms with Crippen molar-refractivity contribution in [3.8, 4) is 17.1 Å². The summed E-state index contributed by atoms with van der Waals surface area (Å²) in [6.07, 6.45) is 0. The van der Waals surface area contributed by atoms with E-state index in [1.165, 1.54) is 18.2 Å². The van der Waals surface area contributed by atoms with Gasteiger partial charge in [0.25, 0.3) is 0 Å². The van der Waals surface area contributed by atoms with Gasteiger partial charge in [0.2, 0.25) is 0 Å². The molecule has 0 aliphatic carbocycles. The van der Waals surface area contributed by atoms with Gasteiger partial charge in [-0.25, -0.2) is 4.39 Å². The standard InChI is InChI=1S/C13H8FNO2/c14-11-4-2-1-3-9(11)13-10-7-8(16)5-6-12(10)15-17-13/h1-7,16H. The monoisotopic (exact) mass is 229 g/mol. The number of aromatic hydroxyl groups is 1. The number of aromatic nitrogens is 1. The molecular formula is C13H8FNO2. The van der Waals surface area contributed by atoms with Gasteiger partial charge in [0.15, 0.2) is 5.76 Å². The lowest BCUT2D eigenvalue weighted by Crippen LogP contribution is -1.81. The topological polar surface area (TPSA) is 46.3 Å². The fourth-order valence-electron chi connectivity index (χ4n) is 1.77. The second-order valence-electron chi connectivity index (χ2n) is 3.69. The molecule has 3 aromatic rings. The highest BCUT2D eigenvalue weighted by atomic mass is 19.1. The third-order valence-corrected chi connectivity index (χ3v) is 2.58. The van der Waals surface area contributed by atoms with Gasteiger partial charge in [-0.15, -0.1) is 0 Å². The summed E-state index contributed by atoms with van der Waals surface area (Å²) in [5, 5.41) is 13.8. The summed E-state index contributed by atoms with van der Waals surface area (Å²) < 4.78 is 18.8. The van der Waals surface area contributed by atoms with Crippen LogP contribution in [0.4, 0.5) is 4.39 Å². The molecule has 4 heteroatoms. The van der Waals surface area contributed by atoms with Crippen LogP contribution in [-0.2, 0) is 0 Å². The first kappa shape index (κ1) is 9.84. The van der Waals surface area contributed by atoms with Crippen LogP contribution >= 0.6 is 0 Å². The van der Waals surface area contributed by atoms with E-state index in [4.69, 9.17) is 4.52 Å². The predicted octanol–water partition coefficient (Wildman–Crippen LogP) is 3.34. The van der Waals surface area contributed by atoms with E-state index < -0.39 is 0 Å². The number of nitrogens with zero attached hydrogens (tertiary/aromatic N) is 1. The van der Waals surface area contributed by atoms with E-state index >= 15 is 0 Å². The lowest BCUT2D eigenvalue weighted by atomic mass is 10.1. The Balaban J connectivity index is 2.31. The number of hydrogen-bond donors (Lipinski definition) is 1. The van der Waals surface area contributed by atoms with Crippen LogP contribution < -0.4 is 0 Å². The molecular weight excluding hydrogens is 221 g/mol. The average Bonchev–Trinajstić information content (AvgIpc) is 2.72. The Kier molecular flexibility index (Phi) is 2.08. The molecule has 0 atom stereocenters. The highest BCUT2D eigenvalue weighted by Gasteiger charge is 2.14. The predicted molar refractivity (Wildman–Crippen MR) is 61.1 cm³/mol. The van der Waals surface area contributed by atoms with Crippen molar-refractivity contribution in [3.05, 3.63) is 48.3 Å². The molecule has 0 fully saturated rings. The fourth-order valence-corrected chi connectivity index (χ4v) is 1.77. The van der Waals surface area contributed by atoms with Gasteiger partial charge in [-0.2, -0.15) is 0 Å². The molecule has 0 saturated heterocycles. The molecule has 0 spiro atoms. The Bertz CT molecular complexity index is 691. The largest absolute Gasteiger partial charge is 0.508 e. The molecule has 3 rings (SSSR count). The van der Waals surface area contributed by atoms with E-state index in [0.29, 0.717) is 22.2 Å². The zero-order chi connectivity index (χ0) is 11.8. The maximum atomic E-state index is 13.6. The number of benzene rings is 2. The first-order chi connectivity index (χ1) is 8.25. The van der Waals surface area contributed by atoms with Crippen molar-refractivity contribution >= 4 is 10.9 Å². The Morgan fingerprint density at radius 3 is 2.76 bits per heavy atom. The first-order valence-electron chi connectivity index (χ1n) is 5.09. The zero-order valence-corrected chi connectivity index (χ0v) is 8.72. The normalized spacial score (nSPS) is 10.9. The Hall–Kier alpha value is -2.36. The van der Waals surface area contributed by atoms with Gasteiger partial charge in [0.05, 0.1) is 10.9 Å². The van der Waals surface area contributed by atoms with Crippen molar-refractivity contribution < 1.29 is 14.0 Å². The molecule has 0 amide bonds. The molecule has 0 unspecified atom stereocenters. The zero-order valence-electron chi connectivity index (χ0n) is 8.72. The number of hydrogen-bond acceptors (Lipinski definition) is 3. The lowest BCUT2D eigenvalue weighted by Gasteiger charge is -1.98. The Labute approximate surface area is 96.1 Å². The molecule has 1 aromatic heterocycles. The van der Waals surface area contributed by atoms with E-state index in [9.17, 15) is 9.50 Å². The maximum absolute atomic E-state index is 13.6. The number of phenols is 1. The summed E-state index contributed by atoms with van der Waals surface area (Å²) in [6, 6.07) is 10.9. The molecule has 1 N–H and O–H groups in total. The molecule has 2 aromatic carbocycles. The van der Waals surface area contributed by atoms with Crippen LogP contribution in [-0.4, -0.2) is 10.3 Å². The summed E-state index contributed by atoms with van der Waals surface area (Å²) in [6.45, 7) is 0. The van der Waals surface area contributed by atoms with E-state index in [2.05, 4.69) is 5.16 Å². The second kappa shape index (κ2) is 3.59. The van der Waals surface area contributed by atoms with Crippen LogP contribution in [0.5, 0.6) is 5.75 Å². The van der Waals surface area contributed by atoms with Gasteiger partial charge < -0.3 is 9.63 Å². The third kappa shape index (κ3) is 1.54. The average molecular weight is 229 g/mol. The minimum absolute atomic E-state index is 0.0956. The van der Waals surface area contributed by atoms with Gasteiger partial charge in [0.1, 0.15) is 17.1 Å². The SMILES string of the molecule is Oc1ccc2noc(-c3ccccc3F)c2c1. The van der Waals surface area contributed by atoms with Crippen molar-refractivity contribution in [2.24, 2.45) is 0 Å². The third-order valence-electron chi connectivity index (χ3n) is 2.58. The van der Waals surface area contributed by atoms with E-state index in [1.54, 1.807) is 24.3 Å². The van der Waals surface area contributed by atoms with Crippen molar-refractivity contribution in [3.63, 3.8) is 0 Å². The summed E-state index contributed by atoms with van der Waals surface area (Å²) in [4.78, 5) is 0. The molecule has 0 bridgehead atoms. The van der Waals surface area contributed by atoms with Crippen LogP contribution in [0.3, 0.4) is 0 Å². The molecule has 17 heavy (non-hydrogen) atoms. The van der Waals surface area contributed by atoms with E-state index in [-0.39, 0.29) is 11.6 Å². The van der Waals surface area contributed by atoms with Crippen molar-refractivity contribution in [1.82, 2.24) is 5.16 Å². The van der Waals surface area contributed by atoms with Crippen molar-refractivity contribution in [2.75, 3.05) is 0 Å². The molecule has 84 valence electrons. The van der Waals surface area contributed by atoms with E-state index in [1.807, 2.05) is 0 Å². The highest BCUT2D eigenvalue weighted by Crippen LogP contribution is 2.32. The second-order valence-corrected chi connectivity index (χ2v) is 3.69. The minimum Gasteiger partial charge on any atom is -0.508 e. The lowest BCUT2D eigenvalue weighted by molar-refractivity contribution is 0.438. The summed E-state index contributed by atoms with van der Waals surface area (Å²) in [5.41, 5.74) is 0.918. The molecule has 1 heterocycles. The Morgan fingerprint density at radius 1 is 1.12 bits per heavy atom. The van der Waals surface area contributed by atoms with Crippen LogP contribution in [0.15, 0.2) is 47.0 Å². The molecule has 3 nitrogen and oxygen atoms in total. The number of halogens is 1. The number of fused-ring (bicyclic) bond motifs is 1. The Morgan fingerprint density at radius 2 is 1.94 bits per heavy atom. The van der Waals surface area contributed by atoms with Gasteiger partial charge in [-0.05, 0) is 30.3 Å². The van der Waals surface area contributed by atoms with Crippen LogP contribution in [0.25, 0.3) is 22.2 Å². The fraction of sp³-hybridized carbons (Fsp3) is 0. The highest BCUT2D eigenvalue weighted by molar-refractivity contribution is 5.92. The van der Waals surface area contributed by atoms with E-state index in [0.717, 1.165) is 0 Å². The summed E-state index contributed by atoms with van der Waals surface area (Å²) in [5.74, 6) is 0.0428. The summed E-state index contributed by atoms with van der Waals surface area (Å²) >= 11 is 0. The number of phenolic OH excluding ortho intramolecular Hbond substituents is 1. The molecule has 0 aliphatic rings. The first-order valence-corrected chi connectivity index (χ1v) is 5.09. The van der Waals surface area contributed by atoms with Crippen LogP contribution in [0.2, 0.25) is 0 Å². The quantitative estimate of drug-likeness (QED) is 0.696. The van der Waals surface area contributed by atoms with Gasteiger partial charge in [0, 0.05) is 0 Å². The van der Waals surface area contributed by atoms with Gasteiger partial charge in [-0.1, -0.05) is 17.3 Å². The molecule has 0 aliphatic heterocycles. The van der Waals surface area contributed by atoms with Crippen LogP contribution in [0, 0.1) is 5.82 Å². The van der Waals surface area contributed by atoms with Crippen LogP contribution in [0.1, 0.15) is 0 Å². The minimum atomic E-state index is -0.381. The smallest absolute Gasteiger partial charge is 0.177 e. The van der Waals surface area contributed by atoms with Crippen molar-refractivity contribution in [2.45, 2.75) is 0 Å². The molecule has 0 radical (unpaired) electrons. The van der Waals surface area contributed by atoms with Crippen molar-refractivity contribution in [1.29, 1.82) is 0 Å². The van der Waals surface area contributed by atoms with Gasteiger partial charge >= 0.3 is 0 Å². The molecule has 0 saturated carbocycles.